The number of benzene rings is 1. The van der Waals surface area contributed by atoms with E-state index in [2.05, 4.69) is 10.3 Å². The molecule has 0 unspecified atom stereocenters. The molecule has 0 radical (unpaired) electrons. The molecule has 0 fully saturated rings. The van der Waals surface area contributed by atoms with Gasteiger partial charge >= 0.3 is 0 Å². The molecular weight excluding hydrogens is 225 g/mol. The van der Waals surface area contributed by atoms with Crippen LogP contribution in [-0.4, -0.2) is 4.98 Å². The molecule has 1 N–H and O–H groups in total. The molecule has 0 aliphatic heterocycles. The molecule has 1 heterocycles. The van der Waals surface area contributed by atoms with Crippen LogP contribution < -0.4 is 5.32 Å². The fourth-order valence-electron chi connectivity index (χ4n) is 1.02. The van der Waals surface area contributed by atoms with Crippen molar-refractivity contribution in [3.05, 3.63) is 41.2 Å². The maximum Gasteiger partial charge on any atom is 0.196 e. The lowest BCUT2D eigenvalue weighted by atomic mass is 10.3. The number of nitrogens with zero attached hydrogens (tertiary/aromatic N) is 1. The Morgan fingerprint density at radius 3 is 2.60 bits per heavy atom. The molecule has 1 aromatic carbocycles. The van der Waals surface area contributed by atoms with Crippen molar-refractivity contribution in [1.29, 1.82) is 0 Å². The zero-order valence-corrected chi connectivity index (χ0v) is 8.12. The van der Waals surface area contributed by atoms with E-state index in [-0.39, 0.29) is 5.69 Å². The highest BCUT2D eigenvalue weighted by molar-refractivity contribution is 7.13. The number of anilines is 2. The van der Waals surface area contributed by atoms with Gasteiger partial charge in [-0.3, -0.25) is 0 Å². The molecule has 0 spiro atoms. The second-order valence-corrected chi connectivity index (χ2v) is 3.58. The zero-order chi connectivity index (χ0) is 10.8. The summed E-state index contributed by atoms with van der Waals surface area (Å²) in [6.07, 6.45) is 1.52. The summed E-state index contributed by atoms with van der Waals surface area (Å²) < 4.78 is 38.5. The largest absolute Gasteiger partial charge is 0.329 e. The van der Waals surface area contributed by atoms with Gasteiger partial charge in [-0.05, 0) is 12.1 Å². The Kier molecular flexibility index (Phi) is 2.59. The molecule has 0 aliphatic rings. The van der Waals surface area contributed by atoms with Gasteiger partial charge in [-0.1, -0.05) is 0 Å². The average Bonchev–Trinajstić information content (AvgIpc) is 2.72. The minimum absolute atomic E-state index is 0.135. The van der Waals surface area contributed by atoms with Gasteiger partial charge in [0.15, 0.2) is 22.6 Å². The van der Waals surface area contributed by atoms with E-state index in [9.17, 15) is 13.2 Å². The van der Waals surface area contributed by atoms with E-state index in [0.717, 1.165) is 12.1 Å². The lowest BCUT2D eigenvalue weighted by molar-refractivity contribution is 0.449. The van der Waals surface area contributed by atoms with Gasteiger partial charge in [-0.2, -0.15) is 0 Å². The fourth-order valence-corrected chi connectivity index (χ4v) is 1.56. The molecule has 15 heavy (non-hydrogen) atoms. The second kappa shape index (κ2) is 3.90. The lowest BCUT2D eigenvalue weighted by Gasteiger charge is -2.04. The first-order valence-electron chi connectivity index (χ1n) is 3.98. The summed E-state index contributed by atoms with van der Waals surface area (Å²) in [5, 5.41) is 4.64. The SMILES string of the molecule is Fc1ccc(Nc2nccs2)c(F)c1F. The minimum Gasteiger partial charge on any atom is -0.329 e. The van der Waals surface area contributed by atoms with Crippen LogP contribution >= 0.6 is 11.3 Å². The first-order valence-corrected chi connectivity index (χ1v) is 4.86. The molecule has 2 rings (SSSR count). The second-order valence-electron chi connectivity index (χ2n) is 2.69. The first kappa shape index (κ1) is 9.97. The van der Waals surface area contributed by atoms with Crippen molar-refractivity contribution in [3.8, 4) is 0 Å². The Balaban J connectivity index is 2.34. The van der Waals surface area contributed by atoms with E-state index in [4.69, 9.17) is 0 Å². The Labute approximate surface area is 87.4 Å². The summed E-state index contributed by atoms with van der Waals surface area (Å²) in [5.41, 5.74) is -0.135. The molecule has 0 saturated carbocycles. The van der Waals surface area contributed by atoms with Crippen molar-refractivity contribution < 1.29 is 13.2 Å². The molecule has 0 amide bonds. The Hall–Kier alpha value is -1.56. The van der Waals surface area contributed by atoms with Crippen molar-refractivity contribution in [2.24, 2.45) is 0 Å². The first-order chi connectivity index (χ1) is 7.18. The van der Waals surface area contributed by atoms with Crippen LogP contribution in [0.1, 0.15) is 0 Å². The van der Waals surface area contributed by atoms with E-state index in [1.165, 1.54) is 17.5 Å². The molecule has 2 aromatic rings. The molecule has 0 saturated heterocycles. The van der Waals surface area contributed by atoms with Gasteiger partial charge < -0.3 is 5.32 Å². The monoisotopic (exact) mass is 230 g/mol. The quantitative estimate of drug-likeness (QED) is 0.800. The highest BCUT2D eigenvalue weighted by Gasteiger charge is 2.13. The van der Waals surface area contributed by atoms with Crippen LogP contribution in [0.5, 0.6) is 0 Å². The predicted molar refractivity (Wildman–Crippen MR) is 51.7 cm³/mol. The molecular formula is C9H5F3N2S. The average molecular weight is 230 g/mol. The van der Waals surface area contributed by atoms with Gasteiger partial charge in [0.2, 0.25) is 0 Å². The molecule has 2 nitrogen and oxygen atoms in total. The number of hydrogen-bond acceptors (Lipinski definition) is 3. The van der Waals surface area contributed by atoms with E-state index >= 15 is 0 Å². The standard InChI is InChI=1S/C9H5F3N2S/c10-5-1-2-6(8(12)7(5)11)14-9-13-3-4-15-9/h1-4H,(H,13,14). The van der Waals surface area contributed by atoms with Crippen LogP contribution in [0, 0.1) is 17.5 Å². The fraction of sp³-hybridized carbons (Fsp3) is 0. The van der Waals surface area contributed by atoms with Crippen molar-refractivity contribution in [3.63, 3.8) is 0 Å². The maximum absolute atomic E-state index is 13.2. The van der Waals surface area contributed by atoms with E-state index in [1.54, 1.807) is 5.38 Å². The van der Waals surface area contributed by atoms with Crippen LogP contribution in [0.2, 0.25) is 0 Å². The third-order valence-electron chi connectivity index (χ3n) is 1.71. The summed E-state index contributed by atoms with van der Waals surface area (Å²) >= 11 is 1.23. The number of hydrogen-bond donors (Lipinski definition) is 1. The smallest absolute Gasteiger partial charge is 0.196 e. The molecule has 1 aromatic heterocycles. The van der Waals surface area contributed by atoms with Gasteiger partial charge in [-0.25, -0.2) is 18.2 Å². The molecule has 78 valence electrons. The summed E-state index contributed by atoms with van der Waals surface area (Å²) in [5.74, 6) is -3.95. The molecule has 6 heteroatoms. The van der Waals surface area contributed by atoms with Gasteiger partial charge in [-0.15, -0.1) is 11.3 Å². The predicted octanol–water partition coefficient (Wildman–Crippen LogP) is 3.30. The van der Waals surface area contributed by atoms with Gasteiger partial charge in [0.25, 0.3) is 0 Å². The number of nitrogens with one attached hydrogen (secondary N) is 1. The third-order valence-corrected chi connectivity index (χ3v) is 2.40. The highest BCUT2D eigenvalue weighted by Crippen LogP contribution is 2.24. The molecule has 0 bridgehead atoms. The number of rotatable bonds is 2. The topological polar surface area (TPSA) is 24.9 Å². The maximum atomic E-state index is 13.2. The summed E-state index contributed by atoms with van der Waals surface area (Å²) in [4.78, 5) is 3.83. The van der Waals surface area contributed by atoms with E-state index in [0.29, 0.717) is 5.13 Å². The number of aromatic nitrogens is 1. The summed E-state index contributed by atoms with van der Waals surface area (Å²) in [6.45, 7) is 0. The minimum atomic E-state index is -1.49. The Bertz CT molecular complexity index is 470. The van der Waals surface area contributed by atoms with Crippen molar-refractivity contribution in [1.82, 2.24) is 4.98 Å². The van der Waals surface area contributed by atoms with Crippen LogP contribution in [0.25, 0.3) is 0 Å². The van der Waals surface area contributed by atoms with Crippen molar-refractivity contribution in [2.75, 3.05) is 5.32 Å². The Morgan fingerprint density at radius 2 is 1.93 bits per heavy atom. The number of halogens is 3. The highest BCUT2D eigenvalue weighted by atomic mass is 32.1. The summed E-state index contributed by atoms with van der Waals surface area (Å²) in [7, 11) is 0. The zero-order valence-electron chi connectivity index (χ0n) is 7.30. The van der Waals surface area contributed by atoms with Crippen LogP contribution in [0.15, 0.2) is 23.7 Å². The van der Waals surface area contributed by atoms with Crippen molar-refractivity contribution in [2.45, 2.75) is 0 Å². The Morgan fingerprint density at radius 1 is 1.13 bits per heavy atom. The van der Waals surface area contributed by atoms with Gasteiger partial charge in [0.05, 0.1) is 5.69 Å². The van der Waals surface area contributed by atoms with Gasteiger partial charge in [0, 0.05) is 11.6 Å². The van der Waals surface area contributed by atoms with E-state index < -0.39 is 17.5 Å². The normalized spacial score (nSPS) is 10.3. The number of thiazole rings is 1. The van der Waals surface area contributed by atoms with Crippen LogP contribution in [0.3, 0.4) is 0 Å². The third kappa shape index (κ3) is 1.94. The molecule has 0 atom stereocenters. The van der Waals surface area contributed by atoms with Gasteiger partial charge in [0.1, 0.15) is 0 Å². The van der Waals surface area contributed by atoms with Crippen LogP contribution in [-0.2, 0) is 0 Å². The lowest BCUT2D eigenvalue weighted by Crippen LogP contribution is -1.98. The molecule has 0 aliphatic carbocycles. The van der Waals surface area contributed by atoms with Crippen molar-refractivity contribution >= 4 is 22.2 Å². The van der Waals surface area contributed by atoms with Crippen LogP contribution in [0.4, 0.5) is 24.0 Å². The van der Waals surface area contributed by atoms with E-state index in [1.807, 2.05) is 0 Å². The summed E-state index contributed by atoms with van der Waals surface area (Å²) in [6, 6.07) is 1.98.